The highest BCUT2D eigenvalue weighted by Gasteiger charge is 2.37. The van der Waals surface area contributed by atoms with Crippen LogP contribution in [0.1, 0.15) is 41.5 Å². The van der Waals surface area contributed by atoms with E-state index in [0.29, 0.717) is 5.04 Å². The summed E-state index contributed by atoms with van der Waals surface area (Å²) in [5.41, 5.74) is -0.292. The zero-order valence-corrected chi connectivity index (χ0v) is 12.6. The van der Waals surface area contributed by atoms with Crippen LogP contribution in [0, 0.1) is 11.3 Å². The second-order valence-electron chi connectivity index (χ2n) is 6.07. The van der Waals surface area contributed by atoms with Crippen molar-refractivity contribution in [2.75, 3.05) is 7.05 Å². The van der Waals surface area contributed by atoms with Crippen molar-refractivity contribution in [2.24, 2.45) is 16.5 Å². The van der Waals surface area contributed by atoms with Crippen LogP contribution < -0.4 is 5.32 Å². The molecule has 0 fully saturated rings. The van der Waals surface area contributed by atoms with E-state index in [1.807, 2.05) is 41.5 Å². The van der Waals surface area contributed by atoms with Gasteiger partial charge in [-0.3, -0.25) is 4.79 Å². The number of amides is 1. The number of carbonyl (C=O) groups is 1. The molecule has 0 rings (SSSR count). The lowest BCUT2D eigenvalue weighted by Gasteiger charge is -2.31. The Labute approximate surface area is 108 Å². The number of rotatable bonds is 2. The van der Waals surface area contributed by atoms with Crippen molar-refractivity contribution >= 4 is 22.7 Å². The lowest BCUT2D eigenvalue weighted by molar-refractivity contribution is -0.124. The molecule has 0 aliphatic carbocycles. The van der Waals surface area contributed by atoms with Gasteiger partial charge in [-0.1, -0.05) is 46.7 Å². The molecule has 5 heteroatoms. The first-order valence-corrected chi connectivity index (χ1v) is 6.47. The van der Waals surface area contributed by atoms with Crippen LogP contribution in [0.15, 0.2) is 5.16 Å². The van der Waals surface area contributed by atoms with E-state index in [1.165, 1.54) is 11.8 Å². The number of hydrogen-bond donors (Lipinski definition) is 2. The minimum atomic E-state index is -0.443. The molecule has 1 unspecified atom stereocenters. The van der Waals surface area contributed by atoms with E-state index in [-0.39, 0.29) is 16.1 Å². The lowest BCUT2D eigenvalue weighted by atomic mass is 9.80. The molecule has 17 heavy (non-hydrogen) atoms. The molecule has 0 aromatic heterocycles. The molecule has 0 bridgehead atoms. The summed E-state index contributed by atoms with van der Waals surface area (Å²) in [6.45, 7) is 11.9. The van der Waals surface area contributed by atoms with Gasteiger partial charge in [-0.15, -0.1) is 11.8 Å². The van der Waals surface area contributed by atoms with Crippen molar-refractivity contribution < 1.29 is 10.0 Å². The Morgan fingerprint density at radius 2 is 1.71 bits per heavy atom. The van der Waals surface area contributed by atoms with Gasteiger partial charge < -0.3 is 10.5 Å². The van der Waals surface area contributed by atoms with Gasteiger partial charge in [0, 0.05) is 11.8 Å². The van der Waals surface area contributed by atoms with Crippen molar-refractivity contribution in [3.63, 3.8) is 0 Å². The van der Waals surface area contributed by atoms with Gasteiger partial charge in [0.05, 0.1) is 5.92 Å². The van der Waals surface area contributed by atoms with Crippen molar-refractivity contribution in [1.29, 1.82) is 0 Å². The summed E-state index contributed by atoms with van der Waals surface area (Å²) < 4.78 is -0.0981. The summed E-state index contributed by atoms with van der Waals surface area (Å²) in [6.07, 6.45) is 0. The largest absolute Gasteiger partial charge is 0.410 e. The Morgan fingerprint density at radius 1 is 1.24 bits per heavy atom. The monoisotopic (exact) mass is 260 g/mol. The van der Waals surface area contributed by atoms with Gasteiger partial charge in [0.2, 0.25) is 5.91 Å². The van der Waals surface area contributed by atoms with Crippen LogP contribution in [0.3, 0.4) is 0 Å². The normalized spacial score (nSPS) is 15.6. The van der Waals surface area contributed by atoms with Gasteiger partial charge in [0.25, 0.3) is 0 Å². The molecule has 0 saturated heterocycles. The maximum Gasteiger partial charge on any atom is 0.230 e. The minimum Gasteiger partial charge on any atom is -0.410 e. The Kier molecular flexibility index (Phi) is 5.52. The minimum absolute atomic E-state index is 0.0981. The van der Waals surface area contributed by atoms with Crippen molar-refractivity contribution in [2.45, 2.75) is 46.3 Å². The summed E-state index contributed by atoms with van der Waals surface area (Å²) in [4.78, 5) is 11.9. The molecule has 0 aliphatic heterocycles. The Morgan fingerprint density at radius 3 is 1.94 bits per heavy atom. The number of thioether (sulfide) groups is 1. The van der Waals surface area contributed by atoms with Gasteiger partial charge in [0.15, 0.2) is 0 Å². The van der Waals surface area contributed by atoms with Gasteiger partial charge >= 0.3 is 0 Å². The van der Waals surface area contributed by atoms with Crippen LogP contribution in [0.2, 0.25) is 0 Å². The zero-order chi connectivity index (χ0) is 13.9. The summed E-state index contributed by atoms with van der Waals surface area (Å²) in [5.74, 6) is -0.566. The third-order valence-electron chi connectivity index (χ3n) is 2.13. The summed E-state index contributed by atoms with van der Waals surface area (Å²) in [6, 6.07) is 0. The van der Waals surface area contributed by atoms with E-state index in [1.54, 1.807) is 7.05 Å². The van der Waals surface area contributed by atoms with Crippen molar-refractivity contribution in [3.8, 4) is 0 Å². The molecule has 2 N–H and O–H groups in total. The van der Waals surface area contributed by atoms with E-state index >= 15 is 0 Å². The summed E-state index contributed by atoms with van der Waals surface area (Å²) >= 11 is 1.42. The van der Waals surface area contributed by atoms with E-state index in [4.69, 9.17) is 5.21 Å². The third kappa shape index (κ3) is 5.44. The Balaban J connectivity index is 5.23. The average molecular weight is 260 g/mol. The highest BCUT2D eigenvalue weighted by atomic mass is 32.2. The number of nitrogens with one attached hydrogen (secondary N) is 1. The second kappa shape index (κ2) is 5.76. The predicted octanol–water partition coefficient (Wildman–Crippen LogP) is 2.71. The standard InChI is InChI=1S/C12H24N2O2S/c1-11(2,3)8(9(15)13-7)10(14-16)17-12(4,5)6/h8,16H,1-7H3,(H,13,15)/b14-10-. The predicted molar refractivity (Wildman–Crippen MR) is 73.6 cm³/mol. The molecule has 0 radical (unpaired) electrons. The molecule has 0 heterocycles. The van der Waals surface area contributed by atoms with Crippen LogP contribution in [0.4, 0.5) is 0 Å². The molecule has 100 valence electrons. The molecule has 1 atom stereocenters. The number of hydrogen-bond acceptors (Lipinski definition) is 4. The molecule has 1 amide bonds. The SMILES string of the molecule is CNC(=O)C(/C(=N/O)SC(C)(C)C)C(C)(C)C. The van der Waals surface area contributed by atoms with Crippen LogP contribution in [0.5, 0.6) is 0 Å². The molecule has 4 nitrogen and oxygen atoms in total. The molecule has 0 aromatic rings. The van der Waals surface area contributed by atoms with E-state index in [2.05, 4.69) is 10.5 Å². The van der Waals surface area contributed by atoms with Crippen molar-refractivity contribution in [3.05, 3.63) is 0 Å². The lowest BCUT2D eigenvalue weighted by Crippen LogP contribution is -2.41. The highest BCUT2D eigenvalue weighted by Crippen LogP contribution is 2.36. The number of oxime groups is 1. The topological polar surface area (TPSA) is 61.7 Å². The smallest absolute Gasteiger partial charge is 0.230 e. The molecular weight excluding hydrogens is 236 g/mol. The van der Waals surface area contributed by atoms with Crippen LogP contribution >= 0.6 is 11.8 Å². The quantitative estimate of drug-likeness (QED) is 0.347. The zero-order valence-electron chi connectivity index (χ0n) is 11.8. The van der Waals surface area contributed by atoms with Crippen LogP contribution in [0.25, 0.3) is 0 Å². The fourth-order valence-corrected chi connectivity index (χ4v) is 2.72. The first-order valence-electron chi connectivity index (χ1n) is 5.65. The van der Waals surface area contributed by atoms with Gasteiger partial charge in [-0.2, -0.15) is 0 Å². The third-order valence-corrected chi connectivity index (χ3v) is 3.27. The van der Waals surface area contributed by atoms with E-state index < -0.39 is 5.92 Å². The summed E-state index contributed by atoms with van der Waals surface area (Å²) in [5, 5.41) is 15.6. The van der Waals surface area contributed by atoms with Gasteiger partial charge in [-0.25, -0.2) is 0 Å². The first-order chi connectivity index (χ1) is 7.53. The highest BCUT2D eigenvalue weighted by molar-refractivity contribution is 8.15. The number of carbonyl (C=O) groups excluding carboxylic acids is 1. The molecular formula is C12H24N2O2S. The molecule has 0 spiro atoms. The van der Waals surface area contributed by atoms with E-state index in [0.717, 1.165) is 0 Å². The fourth-order valence-electron chi connectivity index (χ4n) is 1.47. The molecule has 0 aromatic carbocycles. The molecule has 0 aliphatic rings. The maximum absolute atomic E-state index is 11.9. The summed E-state index contributed by atoms with van der Waals surface area (Å²) in [7, 11) is 1.60. The second-order valence-corrected chi connectivity index (χ2v) is 7.91. The fraction of sp³-hybridized carbons (Fsp3) is 0.833. The van der Waals surface area contributed by atoms with Crippen LogP contribution in [-0.4, -0.2) is 28.0 Å². The average Bonchev–Trinajstić information content (AvgIpc) is 2.12. The first kappa shape index (κ1) is 16.3. The van der Waals surface area contributed by atoms with E-state index in [9.17, 15) is 4.79 Å². The maximum atomic E-state index is 11.9. The Hall–Kier alpha value is -0.710. The van der Waals surface area contributed by atoms with Crippen molar-refractivity contribution in [1.82, 2.24) is 5.32 Å². The van der Waals surface area contributed by atoms with Gasteiger partial charge in [-0.05, 0) is 5.41 Å². The van der Waals surface area contributed by atoms with Crippen LogP contribution in [-0.2, 0) is 4.79 Å². The van der Waals surface area contributed by atoms with Gasteiger partial charge in [0.1, 0.15) is 5.04 Å². The molecule has 0 saturated carbocycles. The number of nitrogens with zero attached hydrogens (tertiary/aromatic N) is 1. The Bertz CT molecular complexity index is 301.